The number of nitrogens with two attached hydrogens (primary N) is 1. The van der Waals surface area contributed by atoms with Crippen molar-refractivity contribution in [2.24, 2.45) is 5.73 Å². The molecule has 22 heavy (non-hydrogen) atoms. The molecule has 1 rings (SSSR count). The second kappa shape index (κ2) is 7.99. The summed E-state index contributed by atoms with van der Waals surface area (Å²) in [7, 11) is 0. The maximum atomic E-state index is 11.6. The van der Waals surface area contributed by atoms with Crippen LogP contribution in [0.2, 0.25) is 0 Å². The molecule has 0 fully saturated rings. The predicted molar refractivity (Wildman–Crippen MR) is 77.4 cm³/mol. The molecule has 0 heterocycles. The highest BCUT2D eigenvalue weighted by atomic mass is 16.5. The van der Waals surface area contributed by atoms with Gasteiger partial charge in [-0.2, -0.15) is 0 Å². The van der Waals surface area contributed by atoms with Crippen LogP contribution in [0.15, 0.2) is 18.2 Å². The summed E-state index contributed by atoms with van der Waals surface area (Å²) in [4.78, 5) is 34.5. The number of hydrogen-bond acceptors (Lipinski definition) is 6. The minimum absolute atomic E-state index is 0.0219. The zero-order valence-electron chi connectivity index (χ0n) is 12.3. The zero-order chi connectivity index (χ0) is 16.7. The molecule has 1 unspecified atom stereocenters. The van der Waals surface area contributed by atoms with Gasteiger partial charge in [0.2, 0.25) is 0 Å². The van der Waals surface area contributed by atoms with Crippen LogP contribution in [-0.2, 0) is 14.3 Å². The number of nitrogens with one attached hydrogen (secondary N) is 1. The van der Waals surface area contributed by atoms with Gasteiger partial charge in [-0.1, -0.05) is 6.07 Å². The van der Waals surface area contributed by atoms with Gasteiger partial charge in [-0.25, -0.2) is 4.79 Å². The summed E-state index contributed by atoms with van der Waals surface area (Å²) < 4.78 is 9.83. The fourth-order valence-electron chi connectivity index (χ4n) is 1.59. The van der Waals surface area contributed by atoms with E-state index in [1.165, 1.54) is 25.1 Å². The number of aliphatic hydroxyl groups is 1. The number of carbonyl (C=O) groups excluding carboxylic acids is 3. The van der Waals surface area contributed by atoms with Crippen molar-refractivity contribution in [3.05, 3.63) is 23.8 Å². The van der Waals surface area contributed by atoms with Crippen molar-refractivity contribution in [2.75, 3.05) is 18.5 Å². The third kappa shape index (κ3) is 4.74. The number of aliphatic hydroxyl groups excluding tert-OH is 1. The number of primary amides is 1. The number of esters is 1. The Morgan fingerprint density at radius 2 is 2.05 bits per heavy atom. The second-order valence-corrected chi connectivity index (χ2v) is 4.38. The van der Waals surface area contributed by atoms with Crippen molar-refractivity contribution < 1.29 is 29.0 Å². The molecule has 2 amide bonds. The molecule has 0 spiro atoms. The van der Waals surface area contributed by atoms with E-state index >= 15 is 0 Å². The Morgan fingerprint density at radius 3 is 2.59 bits per heavy atom. The molecule has 0 aliphatic heterocycles. The summed E-state index contributed by atoms with van der Waals surface area (Å²) in [5.41, 5.74) is 5.21. The molecule has 0 radical (unpaired) electrons. The molecule has 1 atom stereocenters. The first-order valence-electron chi connectivity index (χ1n) is 6.58. The first kappa shape index (κ1) is 17.4. The minimum atomic E-state index is -1.08. The van der Waals surface area contributed by atoms with E-state index in [0.717, 1.165) is 0 Å². The Balaban J connectivity index is 3.03. The van der Waals surface area contributed by atoms with Crippen LogP contribution >= 0.6 is 0 Å². The molecule has 1 aromatic rings. The predicted octanol–water partition coefficient (Wildman–Crippen LogP) is 0.0467. The second-order valence-electron chi connectivity index (χ2n) is 4.38. The molecule has 0 aliphatic carbocycles. The Morgan fingerprint density at radius 1 is 1.36 bits per heavy atom. The third-order valence-corrected chi connectivity index (χ3v) is 2.46. The zero-order valence-corrected chi connectivity index (χ0v) is 12.3. The normalized spacial score (nSPS) is 11.4. The molecule has 8 heteroatoms. The van der Waals surface area contributed by atoms with E-state index in [0.29, 0.717) is 0 Å². The van der Waals surface area contributed by atoms with Gasteiger partial charge in [0, 0.05) is 0 Å². The molecular weight excluding hydrogens is 292 g/mol. The van der Waals surface area contributed by atoms with Crippen LogP contribution in [0.5, 0.6) is 5.75 Å². The maximum Gasteiger partial charge on any atom is 0.397 e. The summed E-state index contributed by atoms with van der Waals surface area (Å²) in [6.45, 7) is 3.06. The highest BCUT2D eigenvalue weighted by Gasteiger charge is 2.21. The van der Waals surface area contributed by atoms with Gasteiger partial charge in [-0.3, -0.25) is 9.59 Å². The number of benzene rings is 1. The fraction of sp³-hybridized carbons (Fsp3) is 0.357. The van der Waals surface area contributed by atoms with E-state index in [2.05, 4.69) is 10.1 Å². The molecule has 4 N–H and O–H groups in total. The van der Waals surface area contributed by atoms with E-state index in [9.17, 15) is 19.5 Å². The Kier molecular flexibility index (Phi) is 6.33. The average Bonchev–Trinajstić information content (AvgIpc) is 2.44. The van der Waals surface area contributed by atoms with Crippen LogP contribution < -0.4 is 15.8 Å². The minimum Gasteiger partial charge on any atom is -0.490 e. The molecule has 0 bridgehead atoms. The van der Waals surface area contributed by atoms with Crippen LogP contribution in [0.1, 0.15) is 24.2 Å². The first-order valence-corrected chi connectivity index (χ1v) is 6.58. The first-order chi connectivity index (χ1) is 10.4. The van der Waals surface area contributed by atoms with Gasteiger partial charge >= 0.3 is 11.9 Å². The van der Waals surface area contributed by atoms with Crippen molar-refractivity contribution in [2.45, 2.75) is 20.0 Å². The smallest absolute Gasteiger partial charge is 0.397 e. The summed E-state index contributed by atoms with van der Waals surface area (Å²) in [6.07, 6.45) is -0.751. The lowest BCUT2D eigenvalue weighted by molar-refractivity contribution is -0.152. The fourth-order valence-corrected chi connectivity index (χ4v) is 1.59. The van der Waals surface area contributed by atoms with Crippen molar-refractivity contribution in [3.8, 4) is 5.75 Å². The number of rotatable bonds is 6. The van der Waals surface area contributed by atoms with E-state index < -0.39 is 23.9 Å². The van der Waals surface area contributed by atoms with E-state index in [1.54, 1.807) is 6.92 Å². The Hall–Kier alpha value is -2.61. The van der Waals surface area contributed by atoms with Crippen LogP contribution in [0.25, 0.3) is 0 Å². The Bertz CT molecular complexity index is 570. The lowest BCUT2D eigenvalue weighted by Gasteiger charge is -2.14. The highest BCUT2D eigenvalue weighted by molar-refractivity contribution is 6.37. The standard InChI is InChI=1S/C14H18N2O6/c1-3-21-14(20)13(19)16-9-5-4-6-10(11(9)12(15)18)22-7-8(2)17/h4-6,8,17H,3,7H2,1-2H3,(H2,15,18)(H,16,19). The lowest BCUT2D eigenvalue weighted by Crippen LogP contribution is -2.27. The molecule has 0 aliphatic rings. The van der Waals surface area contributed by atoms with Gasteiger partial charge in [0.1, 0.15) is 17.9 Å². The van der Waals surface area contributed by atoms with Gasteiger partial charge in [0.15, 0.2) is 0 Å². The Labute approximate surface area is 127 Å². The van der Waals surface area contributed by atoms with Crippen molar-refractivity contribution in [3.63, 3.8) is 0 Å². The summed E-state index contributed by atoms with van der Waals surface area (Å²) in [6, 6.07) is 4.36. The van der Waals surface area contributed by atoms with E-state index in [4.69, 9.17) is 10.5 Å². The lowest BCUT2D eigenvalue weighted by atomic mass is 10.1. The molecule has 8 nitrogen and oxygen atoms in total. The topological polar surface area (TPSA) is 128 Å². The molecule has 120 valence electrons. The number of hydrogen-bond donors (Lipinski definition) is 3. The summed E-state index contributed by atoms with van der Waals surface area (Å²) >= 11 is 0. The van der Waals surface area contributed by atoms with Gasteiger partial charge in [0.05, 0.1) is 18.4 Å². The average molecular weight is 310 g/mol. The SMILES string of the molecule is CCOC(=O)C(=O)Nc1cccc(OCC(C)O)c1C(N)=O. The highest BCUT2D eigenvalue weighted by Crippen LogP contribution is 2.26. The molecule has 0 aromatic heterocycles. The number of ether oxygens (including phenoxy) is 2. The summed E-state index contributed by atoms with van der Waals surface area (Å²) in [5, 5.41) is 11.5. The van der Waals surface area contributed by atoms with E-state index in [1.807, 2.05) is 0 Å². The van der Waals surface area contributed by atoms with Crippen LogP contribution in [0, 0.1) is 0 Å². The number of carbonyl (C=O) groups is 3. The quantitative estimate of drug-likeness (QED) is 0.503. The number of anilines is 1. The van der Waals surface area contributed by atoms with Crippen molar-refractivity contribution >= 4 is 23.5 Å². The van der Waals surface area contributed by atoms with Gasteiger partial charge in [-0.05, 0) is 26.0 Å². The molecule has 0 saturated heterocycles. The monoisotopic (exact) mass is 310 g/mol. The maximum absolute atomic E-state index is 11.6. The third-order valence-electron chi connectivity index (χ3n) is 2.46. The van der Waals surface area contributed by atoms with Crippen molar-refractivity contribution in [1.29, 1.82) is 0 Å². The van der Waals surface area contributed by atoms with Crippen LogP contribution in [0.4, 0.5) is 5.69 Å². The number of amides is 2. The van der Waals surface area contributed by atoms with Gasteiger partial charge in [-0.15, -0.1) is 0 Å². The van der Waals surface area contributed by atoms with Crippen molar-refractivity contribution in [1.82, 2.24) is 0 Å². The molecular formula is C14H18N2O6. The van der Waals surface area contributed by atoms with Crippen LogP contribution in [-0.4, -0.2) is 42.2 Å². The molecule has 0 saturated carbocycles. The van der Waals surface area contributed by atoms with Crippen LogP contribution in [0.3, 0.4) is 0 Å². The van der Waals surface area contributed by atoms with Gasteiger partial charge in [0.25, 0.3) is 5.91 Å². The largest absolute Gasteiger partial charge is 0.490 e. The molecule has 1 aromatic carbocycles. The van der Waals surface area contributed by atoms with Gasteiger partial charge < -0.3 is 25.6 Å². The summed E-state index contributed by atoms with van der Waals surface area (Å²) in [5.74, 6) is -2.86. The van der Waals surface area contributed by atoms with E-state index in [-0.39, 0.29) is 30.2 Å².